The number of sulfonamides is 1. The standard InChI is InChI=1S/C23H26N4O4S/c1-15-26-22(14-27(15)2)32(28,29)25-13-19(17-9-7-11-21(30-3)23(17)31-4)18-12-24-20-10-6-5-8-16(18)20/h5-12,14,19,24-25H,13H2,1-4H3. The van der Waals surface area contributed by atoms with Gasteiger partial charge in [-0.15, -0.1) is 0 Å². The second-order valence-corrected chi connectivity index (χ2v) is 9.23. The van der Waals surface area contributed by atoms with Crippen molar-refractivity contribution in [3.8, 4) is 11.5 Å². The van der Waals surface area contributed by atoms with Gasteiger partial charge >= 0.3 is 0 Å². The summed E-state index contributed by atoms with van der Waals surface area (Å²) in [5, 5.41) is 1.00. The van der Waals surface area contributed by atoms with E-state index in [1.54, 1.807) is 32.8 Å². The number of rotatable bonds is 8. The van der Waals surface area contributed by atoms with E-state index in [2.05, 4.69) is 14.7 Å². The largest absolute Gasteiger partial charge is 0.493 e. The highest BCUT2D eigenvalue weighted by molar-refractivity contribution is 7.89. The highest BCUT2D eigenvalue weighted by atomic mass is 32.2. The molecule has 1 atom stereocenters. The first-order valence-electron chi connectivity index (χ1n) is 10.1. The van der Waals surface area contributed by atoms with Crippen LogP contribution in [0.4, 0.5) is 0 Å². The molecule has 4 aromatic rings. The van der Waals surface area contributed by atoms with Crippen LogP contribution in [0.3, 0.4) is 0 Å². The van der Waals surface area contributed by atoms with E-state index in [0.717, 1.165) is 22.0 Å². The van der Waals surface area contributed by atoms with Gasteiger partial charge in [-0.25, -0.2) is 18.1 Å². The number of hydrogen-bond donors (Lipinski definition) is 2. The van der Waals surface area contributed by atoms with Crippen molar-refractivity contribution in [2.75, 3.05) is 20.8 Å². The highest BCUT2D eigenvalue weighted by Crippen LogP contribution is 2.40. The molecular formula is C23H26N4O4S. The number of methoxy groups -OCH3 is 2. The molecule has 8 nitrogen and oxygen atoms in total. The molecule has 0 aliphatic rings. The van der Waals surface area contributed by atoms with Crippen molar-refractivity contribution in [3.63, 3.8) is 0 Å². The number of aryl methyl sites for hydroxylation is 2. The fourth-order valence-corrected chi connectivity index (χ4v) is 4.96. The Morgan fingerprint density at radius 3 is 2.56 bits per heavy atom. The van der Waals surface area contributed by atoms with Gasteiger partial charge in [-0.1, -0.05) is 30.3 Å². The lowest BCUT2D eigenvalue weighted by atomic mass is 9.90. The molecule has 2 aromatic heterocycles. The molecule has 2 aromatic carbocycles. The molecule has 0 aliphatic heterocycles. The van der Waals surface area contributed by atoms with Crippen LogP contribution in [0.25, 0.3) is 10.9 Å². The number of benzene rings is 2. The van der Waals surface area contributed by atoms with Crippen LogP contribution in [0.2, 0.25) is 0 Å². The van der Waals surface area contributed by atoms with Crippen LogP contribution in [0, 0.1) is 6.92 Å². The zero-order valence-electron chi connectivity index (χ0n) is 18.4. The van der Waals surface area contributed by atoms with Gasteiger partial charge < -0.3 is 19.0 Å². The summed E-state index contributed by atoms with van der Waals surface area (Å²) in [6.45, 7) is 1.87. The first kappa shape index (κ1) is 21.9. The number of aromatic nitrogens is 3. The molecule has 0 spiro atoms. The van der Waals surface area contributed by atoms with E-state index in [-0.39, 0.29) is 17.5 Å². The van der Waals surface area contributed by atoms with Gasteiger partial charge in [-0.2, -0.15) is 0 Å². The van der Waals surface area contributed by atoms with Crippen molar-refractivity contribution >= 4 is 20.9 Å². The lowest BCUT2D eigenvalue weighted by molar-refractivity contribution is 0.350. The number of nitrogens with one attached hydrogen (secondary N) is 2. The van der Waals surface area contributed by atoms with Crippen molar-refractivity contribution in [3.05, 3.63) is 71.8 Å². The van der Waals surface area contributed by atoms with Crippen molar-refractivity contribution in [2.45, 2.75) is 17.9 Å². The van der Waals surface area contributed by atoms with Gasteiger partial charge in [0.05, 0.1) is 14.2 Å². The molecule has 0 saturated carbocycles. The van der Waals surface area contributed by atoms with Crippen LogP contribution in [-0.4, -0.2) is 43.7 Å². The highest BCUT2D eigenvalue weighted by Gasteiger charge is 2.27. The number of imidazole rings is 1. The van der Waals surface area contributed by atoms with E-state index in [9.17, 15) is 8.42 Å². The van der Waals surface area contributed by atoms with E-state index in [1.807, 2.05) is 48.7 Å². The van der Waals surface area contributed by atoms with Crippen LogP contribution in [0.1, 0.15) is 22.9 Å². The average Bonchev–Trinajstić information content (AvgIpc) is 3.37. The summed E-state index contributed by atoms with van der Waals surface area (Å²) >= 11 is 0. The summed E-state index contributed by atoms with van der Waals surface area (Å²) in [7, 11) is 1.11. The van der Waals surface area contributed by atoms with E-state index >= 15 is 0 Å². The van der Waals surface area contributed by atoms with Gasteiger partial charge in [0.15, 0.2) is 16.5 Å². The van der Waals surface area contributed by atoms with Crippen molar-refractivity contribution < 1.29 is 17.9 Å². The summed E-state index contributed by atoms with van der Waals surface area (Å²) in [6, 6.07) is 13.5. The van der Waals surface area contributed by atoms with E-state index in [1.165, 1.54) is 6.20 Å². The Bertz CT molecular complexity index is 1340. The molecule has 9 heteroatoms. The van der Waals surface area contributed by atoms with Crippen LogP contribution in [0.5, 0.6) is 11.5 Å². The number of aromatic amines is 1. The Hall–Kier alpha value is -3.30. The predicted molar refractivity (Wildman–Crippen MR) is 123 cm³/mol. The van der Waals surface area contributed by atoms with Crippen molar-refractivity contribution in [1.82, 2.24) is 19.3 Å². The molecule has 0 saturated heterocycles. The predicted octanol–water partition coefficient (Wildman–Crippen LogP) is 3.34. The first-order chi connectivity index (χ1) is 15.4. The number of nitrogens with zero attached hydrogens (tertiary/aromatic N) is 2. The van der Waals surface area contributed by atoms with Crippen LogP contribution in [-0.2, 0) is 17.1 Å². The maximum Gasteiger partial charge on any atom is 0.259 e. The molecule has 4 rings (SSSR count). The monoisotopic (exact) mass is 454 g/mol. The Kier molecular flexibility index (Phi) is 5.94. The molecule has 0 radical (unpaired) electrons. The maximum atomic E-state index is 13.0. The van der Waals surface area contributed by atoms with Gasteiger partial charge in [-0.05, 0) is 24.6 Å². The fourth-order valence-electron chi connectivity index (χ4n) is 3.88. The molecule has 1 unspecified atom stereocenters. The Labute approximate surface area is 187 Å². The smallest absolute Gasteiger partial charge is 0.259 e. The number of H-pyrrole nitrogens is 1. The van der Waals surface area contributed by atoms with E-state index in [4.69, 9.17) is 9.47 Å². The number of ether oxygens (including phenoxy) is 2. The third-order valence-corrected chi connectivity index (χ3v) is 6.94. The molecule has 32 heavy (non-hydrogen) atoms. The van der Waals surface area contributed by atoms with Crippen LogP contribution >= 0.6 is 0 Å². The fraction of sp³-hybridized carbons (Fsp3) is 0.261. The quantitative estimate of drug-likeness (QED) is 0.426. The summed E-state index contributed by atoms with van der Waals surface area (Å²) in [4.78, 5) is 7.45. The molecule has 0 aliphatic carbocycles. The van der Waals surface area contributed by atoms with E-state index in [0.29, 0.717) is 17.3 Å². The summed E-state index contributed by atoms with van der Waals surface area (Å²) < 4.78 is 41.6. The summed E-state index contributed by atoms with van der Waals surface area (Å²) in [6.07, 6.45) is 3.41. The molecule has 0 fully saturated rings. The Morgan fingerprint density at radius 1 is 1.09 bits per heavy atom. The van der Waals surface area contributed by atoms with Crippen LogP contribution in [0.15, 0.2) is 59.9 Å². The Morgan fingerprint density at radius 2 is 1.88 bits per heavy atom. The van der Waals surface area contributed by atoms with Gasteiger partial charge in [-0.3, -0.25) is 0 Å². The summed E-state index contributed by atoms with van der Waals surface area (Å²) in [5.41, 5.74) is 2.74. The minimum atomic E-state index is -3.81. The SMILES string of the molecule is COc1cccc(C(CNS(=O)(=O)c2cn(C)c(C)n2)c2c[nH]c3ccccc23)c1OC. The second kappa shape index (κ2) is 8.68. The van der Waals surface area contributed by atoms with Crippen LogP contribution < -0.4 is 14.2 Å². The number of fused-ring (bicyclic) bond motifs is 1. The summed E-state index contributed by atoms with van der Waals surface area (Å²) in [5.74, 6) is 1.43. The van der Waals surface area contributed by atoms with Crippen molar-refractivity contribution in [2.24, 2.45) is 7.05 Å². The zero-order chi connectivity index (χ0) is 22.9. The average molecular weight is 455 g/mol. The maximum absolute atomic E-state index is 13.0. The molecule has 2 heterocycles. The molecular weight excluding hydrogens is 428 g/mol. The minimum absolute atomic E-state index is 0.00668. The lowest BCUT2D eigenvalue weighted by Crippen LogP contribution is -2.29. The molecule has 0 amide bonds. The van der Waals surface area contributed by atoms with Gasteiger partial charge in [0.25, 0.3) is 10.0 Å². The molecule has 2 N–H and O–H groups in total. The topological polar surface area (TPSA) is 98.2 Å². The van der Waals surface area contributed by atoms with E-state index < -0.39 is 10.0 Å². The third kappa shape index (κ3) is 3.96. The Balaban J connectivity index is 1.79. The first-order valence-corrected chi connectivity index (χ1v) is 11.6. The second-order valence-electron chi connectivity index (χ2n) is 7.51. The van der Waals surface area contributed by atoms with Gasteiger partial charge in [0.2, 0.25) is 0 Å². The normalized spacial score (nSPS) is 12.8. The van der Waals surface area contributed by atoms with Gasteiger partial charge in [0.1, 0.15) is 5.82 Å². The lowest BCUT2D eigenvalue weighted by Gasteiger charge is -2.21. The minimum Gasteiger partial charge on any atom is -0.493 e. The number of para-hydroxylation sites is 2. The van der Waals surface area contributed by atoms with Gasteiger partial charge in [0, 0.05) is 48.4 Å². The third-order valence-electron chi connectivity index (χ3n) is 5.64. The molecule has 0 bridgehead atoms. The zero-order valence-corrected chi connectivity index (χ0v) is 19.2. The van der Waals surface area contributed by atoms with Crippen molar-refractivity contribution in [1.29, 1.82) is 0 Å². The molecule has 168 valence electrons. The number of hydrogen-bond acceptors (Lipinski definition) is 5.